The van der Waals surface area contributed by atoms with E-state index < -0.39 is 0 Å². The summed E-state index contributed by atoms with van der Waals surface area (Å²) >= 11 is 0. The van der Waals surface area contributed by atoms with E-state index in [1.165, 1.54) is 11.1 Å². The van der Waals surface area contributed by atoms with Crippen LogP contribution >= 0.6 is 0 Å². The Morgan fingerprint density at radius 3 is 2.17 bits per heavy atom. The van der Waals surface area contributed by atoms with E-state index in [-0.39, 0.29) is 0 Å². The lowest BCUT2D eigenvalue weighted by atomic mass is 9.99. The Morgan fingerprint density at radius 2 is 1.65 bits per heavy atom. The summed E-state index contributed by atoms with van der Waals surface area (Å²) in [6, 6.07) is 6.65. The molecule has 2 aromatic rings. The second kappa shape index (κ2) is 7.44. The normalized spacial score (nSPS) is 10.9. The molecule has 23 heavy (non-hydrogen) atoms. The van der Waals surface area contributed by atoms with E-state index in [9.17, 15) is 0 Å². The van der Waals surface area contributed by atoms with Gasteiger partial charge in [-0.2, -0.15) is 0 Å². The van der Waals surface area contributed by atoms with Crippen molar-refractivity contribution in [1.29, 1.82) is 0 Å². The van der Waals surface area contributed by atoms with Crippen LogP contribution in [0.3, 0.4) is 0 Å². The fourth-order valence-electron chi connectivity index (χ4n) is 2.85. The molecule has 0 aliphatic heterocycles. The molecule has 0 saturated carbocycles. The van der Waals surface area contributed by atoms with Gasteiger partial charge in [0.1, 0.15) is 0 Å². The molecule has 4 nitrogen and oxygen atoms in total. The van der Waals surface area contributed by atoms with Crippen molar-refractivity contribution in [2.75, 3.05) is 12.4 Å². The largest absolute Gasteiger partial charge is 0.478 e. The molecular formula is C19H27N3O. The number of nitrogens with zero attached hydrogens (tertiary/aromatic N) is 2. The molecule has 0 fully saturated rings. The van der Waals surface area contributed by atoms with Gasteiger partial charge >= 0.3 is 0 Å². The molecular weight excluding hydrogens is 286 g/mol. The molecule has 0 radical (unpaired) electrons. The Labute approximate surface area is 139 Å². The molecule has 0 atom stereocenters. The van der Waals surface area contributed by atoms with Gasteiger partial charge in [-0.3, -0.25) is 0 Å². The number of aryl methyl sites for hydroxylation is 3. The number of benzene rings is 1. The van der Waals surface area contributed by atoms with E-state index in [1.807, 2.05) is 6.92 Å². The highest BCUT2D eigenvalue weighted by atomic mass is 16.5. The molecule has 0 saturated heterocycles. The number of anilines is 1. The van der Waals surface area contributed by atoms with Gasteiger partial charge in [-0.15, -0.1) is 0 Å². The first kappa shape index (κ1) is 17.3. The number of hydrogen-bond acceptors (Lipinski definition) is 4. The number of methoxy groups -OCH3 is 1. The lowest BCUT2D eigenvalue weighted by molar-refractivity contribution is 0.397. The van der Waals surface area contributed by atoms with Crippen LogP contribution in [-0.2, 0) is 0 Å². The van der Waals surface area contributed by atoms with E-state index in [1.54, 1.807) is 7.11 Å². The zero-order valence-electron chi connectivity index (χ0n) is 15.0. The highest BCUT2D eigenvalue weighted by molar-refractivity contribution is 5.71. The third kappa shape index (κ3) is 3.63. The molecule has 1 heterocycles. The van der Waals surface area contributed by atoms with Crippen molar-refractivity contribution in [2.45, 2.75) is 53.5 Å². The van der Waals surface area contributed by atoms with Gasteiger partial charge in [0.2, 0.25) is 0 Å². The minimum absolute atomic E-state index is 0.378. The molecule has 0 aliphatic rings. The van der Waals surface area contributed by atoms with Gasteiger partial charge in [-0.05, 0) is 44.7 Å². The Hall–Kier alpha value is -2.10. The third-order valence-electron chi connectivity index (χ3n) is 4.28. The van der Waals surface area contributed by atoms with Crippen LogP contribution in [0.5, 0.6) is 5.88 Å². The van der Waals surface area contributed by atoms with Crippen LogP contribution in [0, 0.1) is 20.8 Å². The Balaban J connectivity index is 2.52. The molecule has 0 unspecified atom stereocenters. The number of ether oxygens (including phenoxy) is 1. The molecule has 0 aliphatic carbocycles. The number of aromatic nitrogens is 2. The Kier molecular flexibility index (Phi) is 5.59. The third-order valence-corrected chi connectivity index (χ3v) is 4.28. The molecule has 2 rings (SSSR count). The zero-order chi connectivity index (χ0) is 17.0. The molecule has 1 aromatic heterocycles. The first-order valence-corrected chi connectivity index (χ1v) is 8.27. The van der Waals surface area contributed by atoms with Gasteiger partial charge in [-0.1, -0.05) is 32.0 Å². The van der Waals surface area contributed by atoms with Crippen LogP contribution in [0.4, 0.5) is 5.82 Å². The van der Waals surface area contributed by atoms with Gasteiger partial charge in [0.25, 0.3) is 5.88 Å². The lowest BCUT2D eigenvalue weighted by Crippen LogP contribution is -2.19. The van der Waals surface area contributed by atoms with E-state index >= 15 is 0 Å². The van der Waals surface area contributed by atoms with Crippen molar-refractivity contribution in [3.05, 3.63) is 35.0 Å². The van der Waals surface area contributed by atoms with E-state index in [0.717, 1.165) is 35.6 Å². The summed E-state index contributed by atoms with van der Waals surface area (Å²) in [6.07, 6.45) is 2.08. The molecule has 0 amide bonds. The molecule has 1 N–H and O–H groups in total. The maximum atomic E-state index is 5.50. The molecule has 0 spiro atoms. The highest BCUT2D eigenvalue weighted by Gasteiger charge is 2.17. The lowest BCUT2D eigenvalue weighted by Gasteiger charge is -2.19. The van der Waals surface area contributed by atoms with Crippen LogP contribution in [0.1, 0.15) is 43.5 Å². The van der Waals surface area contributed by atoms with Crippen LogP contribution in [0.15, 0.2) is 18.2 Å². The Morgan fingerprint density at radius 1 is 1.04 bits per heavy atom. The average molecular weight is 313 g/mol. The fraction of sp³-hybridized carbons (Fsp3) is 0.474. The summed E-state index contributed by atoms with van der Waals surface area (Å²) in [5, 5.41) is 3.45. The summed E-state index contributed by atoms with van der Waals surface area (Å²) in [6.45, 7) is 10.5. The minimum atomic E-state index is 0.378. The van der Waals surface area contributed by atoms with E-state index in [0.29, 0.717) is 11.9 Å². The first-order chi connectivity index (χ1) is 11.0. The summed E-state index contributed by atoms with van der Waals surface area (Å²) < 4.78 is 5.50. The number of rotatable bonds is 6. The quantitative estimate of drug-likeness (QED) is 0.841. The van der Waals surface area contributed by atoms with Gasteiger partial charge < -0.3 is 10.1 Å². The second-order valence-electron chi connectivity index (χ2n) is 5.94. The van der Waals surface area contributed by atoms with Crippen molar-refractivity contribution >= 4 is 5.82 Å². The van der Waals surface area contributed by atoms with Crippen molar-refractivity contribution in [2.24, 2.45) is 0 Å². The maximum Gasteiger partial charge on any atom is 0.257 e. The van der Waals surface area contributed by atoms with E-state index in [2.05, 4.69) is 51.2 Å². The van der Waals surface area contributed by atoms with Gasteiger partial charge in [0, 0.05) is 11.6 Å². The maximum absolute atomic E-state index is 5.50. The minimum Gasteiger partial charge on any atom is -0.478 e. The van der Waals surface area contributed by atoms with Gasteiger partial charge in [-0.25, -0.2) is 9.97 Å². The van der Waals surface area contributed by atoms with Crippen LogP contribution in [0.25, 0.3) is 11.3 Å². The van der Waals surface area contributed by atoms with Crippen molar-refractivity contribution in [1.82, 2.24) is 9.97 Å². The Bertz CT molecular complexity index is 658. The second-order valence-corrected chi connectivity index (χ2v) is 5.94. The highest BCUT2D eigenvalue weighted by Crippen LogP contribution is 2.32. The van der Waals surface area contributed by atoms with Gasteiger partial charge in [0.05, 0.1) is 18.5 Å². The summed E-state index contributed by atoms with van der Waals surface area (Å²) in [5.41, 5.74) is 5.35. The molecule has 1 aromatic carbocycles. The predicted octanol–water partition coefficient (Wildman–Crippen LogP) is 4.68. The molecule has 0 bridgehead atoms. The SMILES string of the molecule is CCC(CC)Nc1nc(C)c(-c2c(C)cccc2C)nc1OC. The van der Waals surface area contributed by atoms with Crippen LogP contribution < -0.4 is 10.1 Å². The molecule has 124 valence electrons. The number of nitrogens with one attached hydrogen (secondary N) is 1. The zero-order valence-corrected chi connectivity index (χ0v) is 15.0. The fourth-order valence-corrected chi connectivity index (χ4v) is 2.85. The summed E-state index contributed by atoms with van der Waals surface area (Å²) in [4.78, 5) is 9.50. The van der Waals surface area contributed by atoms with Crippen molar-refractivity contribution in [3.8, 4) is 17.1 Å². The van der Waals surface area contributed by atoms with Crippen LogP contribution in [0.2, 0.25) is 0 Å². The standard InChI is InChI=1S/C19H27N3O/c1-7-15(8-2)21-18-19(23-6)22-17(14(5)20-18)16-12(3)10-9-11-13(16)4/h9-11,15H,7-8H2,1-6H3,(H,20,21). The summed E-state index contributed by atoms with van der Waals surface area (Å²) in [7, 11) is 1.64. The topological polar surface area (TPSA) is 47.0 Å². The smallest absolute Gasteiger partial charge is 0.257 e. The van der Waals surface area contributed by atoms with Gasteiger partial charge in [0.15, 0.2) is 5.82 Å². The van der Waals surface area contributed by atoms with Crippen molar-refractivity contribution in [3.63, 3.8) is 0 Å². The monoisotopic (exact) mass is 313 g/mol. The summed E-state index contributed by atoms with van der Waals surface area (Å²) in [5.74, 6) is 1.29. The van der Waals surface area contributed by atoms with E-state index in [4.69, 9.17) is 14.7 Å². The first-order valence-electron chi connectivity index (χ1n) is 8.27. The molecule has 4 heteroatoms. The number of hydrogen-bond donors (Lipinski definition) is 1. The van der Waals surface area contributed by atoms with Crippen LogP contribution in [-0.4, -0.2) is 23.1 Å². The average Bonchev–Trinajstić information content (AvgIpc) is 2.54. The predicted molar refractivity (Wildman–Crippen MR) is 96.2 cm³/mol. The van der Waals surface area contributed by atoms with Crippen molar-refractivity contribution < 1.29 is 4.74 Å².